The highest BCUT2D eigenvalue weighted by atomic mass is 35.5. The lowest BCUT2D eigenvalue weighted by Crippen LogP contribution is -2.44. The molecule has 4 heteroatoms. The van der Waals surface area contributed by atoms with Crippen molar-refractivity contribution in [1.29, 1.82) is 0 Å². The van der Waals surface area contributed by atoms with Crippen molar-refractivity contribution in [3.63, 3.8) is 0 Å². The Labute approximate surface area is 90.0 Å². The van der Waals surface area contributed by atoms with Crippen LogP contribution in [0, 0.1) is 5.92 Å². The van der Waals surface area contributed by atoms with Gasteiger partial charge in [0.25, 0.3) is 0 Å². The molecule has 0 bridgehead atoms. The summed E-state index contributed by atoms with van der Waals surface area (Å²) in [6, 6.07) is 0. The van der Waals surface area contributed by atoms with Gasteiger partial charge >= 0.3 is 0 Å². The third-order valence-electron chi connectivity index (χ3n) is 2.72. The van der Waals surface area contributed by atoms with Crippen LogP contribution in [-0.2, 0) is 4.79 Å². The molecule has 0 aromatic carbocycles. The van der Waals surface area contributed by atoms with Crippen LogP contribution in [0.15, 0.2) is 0 Å². The monoisotopic (exact) mass is 219 g/mol. The van der Waals surface area contributed by atoms with E-state index < -0.39 is 5.38 Å². The molecule has 2 atom stereocenters. The van der Waals surface area contributed by atoms with Crippen LogP contribution in [0.4, 0.5) is 0 Å². The number of aliphatic hydroxyl groups is 1. The number of hydrogen-bond donors (Lipinski definition) is 1. The standard InChI is InChI=1S/C10H18ClNO2/c1-2-9(11)10(14)12-5-3-4-8(6-12)7-13/h8-9,13H,2-7H2,1H3/t8-,9+/m0/s1. The van der Waals surface area contributed by atoms with Crippen molar-refractivity contribution >= 4 is 17.5 Å². The van der Waals surface area contributed by atoms with Crippen molar-refractivity contribution in [2.75, 3.05) is 19.7 Å². The fourth-order valence-electron chi connectivity index (χ4n) is 1.79. The van der Waals surface area contributed by atoms with Gasteiger partial charge < -0.3 is 10.0 Å². The number of hydrogen-bond acceptors (Lipinski definition) is 2. The Hall–Kier alpha value is -0.280. The van der Waals surface area contributed by atoms with E-state index in [9.17, 15) is 4.79 Å². The van der Waals surface area contributed by atoms with Gasteiger partial charge in [0.1, 0.15) is 5.38 Å². The van der Waals surface area contributed by atoms with E-state index in [1.54, 1.807) is 4.90 Å². The molecule has 14 heavy (non-hydrogen) atoms. The van der Waals surface area contributed by atoms with Crippen LogP contribution < -0.4 is 0 Å². The number of piperidine rings is 1. The minimum Gasteiger partial charge on any atom is -0.396 e. The molecule has 0 spiro atoms. The van der Waals surface area contributed by atoms with Gasteiger partial charge in [-0.05, 0) is 25.2 Å². The fourth-order valence-corrected chi connectivity index (χ4v) is 1.92. The number of carbonyl (C=O) groups excluding carboxylic acids is 1. The molecule has 1 rings (SSSR count). The lowest BCUT2D eigenvalue weighted by Gasteiger charge is -2.32. The summed E-state index contributed by atoms with van der Waals surface area (Å²) in [6.07, 6.45) is 2.66. The number of likely N-dealkylation sites (tertiary alicyclic amines) is 1. The molecule has 1 aliphatic rings. The molecule has 1 amide bonds. The molecule has 3 nitrogen and oxygen atoms in total. The second kappa shape index (κ2) is 5.56. The SMILES string of the molecule is CC[C@@H](Cl)C(=O)N1CCC[C@H](CO)C1. The second-order valence-corrected chi connectivity index (χ2v) is 4.38. The highest BCUT2D eigenvalue weighted by Crippen LogP contribution is 2.18. The molecule has 0 aromatic rings. The van der Waals surface area contributed by atoms with Crippen molar-refractivity contribution in [1.82, 2.24) is 4.90 Å². The van der Waals surface area contributed by atoms with Gasteiger partial charge in [0.2, 0.25) is 5.91 Å². The van der Waals surface area contributed by atoms with Crippen LogP contribution in [0.25, 0.3) is 0 Å². The number of carbonyl (C=O) groups is 1. The van der Waals surface area contributed by atoms with E-state index >= 15 is 0 Å². The minimum atomic E-state index is -0.396. The molecular formula is C10H18ClNO2. The number of aliphatic hydroxyl groups excluding tert-OH is 1. The van der Waals surface area contributed by atoms with Gasteiger partial charge in [0.15, 0.2) is 0 Å². The molecular weight excluding hydrogens is 202 g/mol. The maximum Gasteiger partial charge on any atom is 0.240 e. The first-order chi connectivity index (χ1) is 6.69. The first kappa shape index (κ1) is 11.8. The molecule has 0 aromatic heterocycles. The zero-order valence-electron chi connectivity index (χ0n) is 8.58. The van der Waals surface area contributed by atoms with Crippen molar-refractivity contribution in [2.45, 2.75) is 31.6 Å². The number of alkyl halides is 1. The largest absolute Gasteiger partial charge is 0.396 e. The zero-order valence-corrected chi connectivity index (χ0v) is 9.33. The Morgan fingerprint density at radius 2 is 2.43 bits per heavy atom. The number of rotatable bonds is 3. The summed E-state index contributed by atoms with van der Waals surface area (Å²) in [5.74, 6) is 0.265. The second-order valence-electron chi connectivity index (χ2n) is 3.85. The predicted molar refractivity (Wildman–Crippen MR) is 56.3 cm³/mol. The van der Waals surface area contributed by atoms with Gasteiger partial charge in [-0.2, -0.15) is 0 Å². The molecule has 1 N–H and O–H groups in total. The summed E-state index contributed by atoms with van der Waals surface area (Å²) in [6.45, 7) is 3.53. The number of nitrogens with zero attached hydrogens (tertiary/aromatic N) is 1. The van der Waals surface area contributed by atoms with Crippen molar-refractivity contribution < 1.29 is 9.90 Å². The van der Waals surface area contributed by atoms with E-state index in [0.717, 1.165) is 19.4 Å². The van der Waals surface area contributed by atoms with Crippen LogP contribution in [0.5, 0.6) is 0 Å². The first-order valence-corrected chi connectivity index (χ1v) is 5.66. The molecule has 0 radical (unpaired) electrons. The average Bonchev–Trinajstić information content (AvgIpc) is 2.27. The summed E-state index contributed by atoms with van der Waals surface area (Å²) >= 11 is 5.89. The van der Waals surface area contributed by atoms with Crippen LogP contribution in [-0.4, -0.2) is 41.0 Å². The molecule has 82 valence electrons. The third kappa shape index (κ3) is 2.85. The summed E-state index contributed by atoms with van der Waals surface area (Å²) in [7, 11) is 0. The Kier molecular flexibility index (Phi) is 4.69. The molecule has 1 fully saturated rings. The van der Waals surface area contributed by atoms with E-state index in [1.807, 2.05) is 6.92 Å². The quantitative estimate of drug-likeness (QED) is 0.726. The minimum absolute atomic E-state index is 0.0207. The van der Waals surface area contributed by atoms with E-state index in [1.165, 1.54) is 0 Å². The molecule has 0 unspecified atom stereocenters. The highest BCUT2D eigenvalue weighted by molar-refractivity contribution is 6.30. The van der Waals surface area contributed by atoms with Crippen molar-refractivity contribution in [2.24, 2.45) is 5.92 Å². The van der Waals surface area contributed by atoms with E-state index in [-0.39, 0.29) is 18.4 Å². The van der Waals surface area contributed by atoms with Gasteiger partial charge in [-0.1, -0.05) is 6.92 Å². The molecule has 1 aliphatic heterocycles. The molecule has 0 saturated carbocycles. The normalized spacial score (nSPS) is 24.8. The van der Waals surface area contributed by atoms with Gasteiger partial charge in [0.05, 0.1) is 0 Å². The third-order valence-corrected chi connectivity index (χ3v) is 3.21. The average molecular weight is 220 g/mol. The molecule has 1 heterocycles. The van der Waals surface area contributed by atoms with Crippen LogP contribution in [0.1, 0.15) is 26.2 Å². The summed E-state index contributed by atoms with van der Waals surface area (Å²) in [5, 5.41) is 8.62. The maximum absolute atomic E-state index is 11.7. The number of amides is 1. The topological polar surface area (TPSA) is 40.5 Å². The smallest absolute Gasteiger partial charge is 0.240 e. The maximum atomic E-state index is 11.7. The lowest BCUT2D eigenvalue weighted by molar-refractivity contribution is -0.132. The van der Waals surface area contributed by atoms with E-state index in [4.69, 9.17) is 16.7 Å². The van der Waals surface area contributed by atoms with E-state index in [2.05, 4.69) is 0 Å². The van der Waals surface area contributed by atoms with Gasteiger partial charge in [-0.25, -0.2) is 0 Å². The lowest BCUT2D eigenvalue weighted by atomic mass is 9.99. The Morgan fingerprint density at radius 1 is 1.71 bits per heavy atom. The highest BCUT2D eigenvalue weighted by Gasteiger charge is 2.26. The summed E-state index contributed by atoms with van der Waals surface area (Å²) in [5.41, 5.74) is 0. The predicted octanol–water partition coefficient (Wildman–Crippen LogP) is 1.23. The Balaban J connectivity index is 2.47. The van der Waals surface area contributed by atoms with Crippen molar-refractivity contribution in [3.05, 3.63) is 0 Å². The molecule has 0 aliphatic carbocycles. The first-order valence-electron chi connectivity index (χ1n) is 5.22. The van der Waals surface area contributed by atoms with Crippen LogP contribution in [0.2, 0.25) is 0 Å². The Bertz CT molecular complexity index is 199. The van der Waals surface area contributed by atoms with Crippen molar-refractivity contribution in [3.8, 4) is 0 Å². The fraction of sp³-hybridized carbons (Fsp3) is 0.900. The number of halogens is 1. The van der Waals surface area contributed by atoms with E-state index in [0.29, 0.717) is 13.0 Å². The summed E-state index contributed by atoms with van der Waals surface area (Å²) in [4.78, 5) is 13.5. The van der Waals surface area contributed by atoms with Gasteiger partial charge in [-0.3, -0.25) is 4.79 Å². The Morgan fingerprint density at radius 3 is 3.00 bits per heavy atom. The summed E-state index contributed by atoms with van der Waals surface area (Å²) < 4.78 is 0. The van der Waals surface area contributed by atoms with Gasteiger partial charge in [-0.15, -0.1) is 11.6 Å². The van der Waals surface area contributed by atoms with Crippen LogP contribution in [0.3, 0.4) is 0 Å². The zero-order chi connectivity index (χ0) is 10.6. The van der Waals surface area contributed by atoms with Gasteiger partial charge in [0, 0.05) is 19.7 Å². The molecule has 1 saturated heterocycles. The van der Waals surface area contributed by atoms with Crippen LogP contribution >= 0.6 is 11.6 Å².